The first-order valence-electron chi connectivity index (χ1n) is 5.60. The highest BCUT2D eigenvalue weighted by atomic mass is 35.5. The van der Waals surface area contributed by atoms with Crippen molar-refractivity contribution in [2.24, 2.45) is 0 Å². The maximum atomic E-state index is 5.96. The first-order chi connectivity index (χ1) is 8.28. The summed E-state index contributed by atoms with van der Waals surface area (Å²) in [4.78, 5) is 5.77. The van der Waals surface area contributed by atoms with Crippen LogP contribution in [0.5, 0.6) is 0 Å². The molecule has 0 saturated carbocycles. The molecule has 0 unspecified atom stereocenters. The standard InChI is InChI=1S/C13H15ClN2S/c1-15-6-5-12-9-16-13(17-12)8-10-3-2-4-11(14)7-10/h2-4,7,9,15H,5-6,8H2,1H3. The van der Waals surface area contributed by atoms with Gasteiger partial charge < -0.3 is 5.32 Å². The lowest BCUT2D eigenvalue weighted by molar-refractivity contribution is 0.798. The van der Waals surface area contributed by atoms with E-state index in [1.54, 1.807) is 11.3 Å². The fourth-order valence-electron chi connectivity index (χ4n) is 1.62. The third-order valence-corrected chi connectivity index (χ3v) is 3.76. The normalized spacial score (nSPS) is 10.7. The predicted molar refractivity (Wildman–Crippen MR) is 74.0 cm³/mol. The summed E-state index contributed by atoms with van der Waals surface area (Å²) in [6, 6.07) is 7.95. The molecule has 1 aromatic carbocycles. The molecular weight excluding hydrogens is 252 g/mol. The van der Waals surface area contributed by atoms with Crippen LogP contribution in [-0.2, 0) is 12.8 Å². The summed E-state index contributed by atoms with van der Waals surface area (Å²) < 4.78 is 0. The summed E-state index contributed by atoms with van der Waals surface area (Å²) in [5, 5.41) is 5.08. The van der Waals surface area contributed by atoms with Crippen LogP contribution in [0, 0.1) is 0 Å². The van der Waals surface area contributed by atoms with Crippen LogP contribution in [0.25, 0.3) is 0 Å². The molecule has 4 heteroatoms. The lowest BCUT2D eigenvalue weighted by Gasteiger charge is -1.98. The third-order valence-electron chi connectivity index (χ3n) is 2.47. The van der Waals surface area contributed by atoms with Crippen LogP contribution in [0.1, 0.15) is 15.4 Å². The third kappa shape index (κ3) is 3.80. The molecular formula is C13H15ClN2S. The van der Waals surface area contributed by atoms with Crippen LogP contribution in [0.3, 0.4) is 0 Å². The van der Waals surface area contributed by atoms with Gasteiger partial charge in [-0.05, 0) is 37.7 Å². The van der Waals surface area contributed by atoms with E-state index in [9.17, 15) is 0 Å². The van der Waals surface area contributed by atoms with E-state index in [1.807, 2.05) is 31.4 Å². The fourth-order valence-corrected chi connectivity index (χ4v) is 2.78. The molecule has 0 bridgehead atoms. The van der Waals surface area contributed by atoms with Gasteiger partial charge in [-0.2, -0.15) is 0 Å². The van der Waals surface area contributed by atoms with Crippen molar-refractivity contribution in [3.05, 3.63) is 50.9 Å². The van der Waals surface area contributed by atoms with Gasteiger partial charge in [0.25, 0.3) is 0 Å². The number of nitrogens with zero attached hydrogens (tertiary/aromatic N) is 1. The van der Waals surface area contributed by atoms with E-state index >= 15 is 0 Å². The zero-order valence-electron chi connectivity index (χ0n) is 9.74. The second-order valence-corrected chi connectivity index (χ2v) is 5.52. The molecule has 1 N–H and O–H groups in total. The largest absolute Gasteiger partial charge is 0.319 e. The van der Waals surface area contributed by atoms with Crippen LogP contribution in [0.4, 0.5) is 0 Å². The highest BCUT2D eigenvalue weighted by molar-refractivity contribution is 7.11. The number of rotatable bonds is 5. The number of aromatic nitrogens is 1. The van der Waals surface area contributed by atoms with Crippen molar-refractivity contribution in [2.75, 3.05) is 13.6 Å². The van der Waals surface area contributed by atoms with Crippen LogP contribution in [0.15, 0.2) is 30.5 Å². The first-order valence-corrected chi connectivity index (χ1v) is 6.80. The Morgan fingerprint density at radius 3 is 3.06 bits per heavy atom. The predicted octanol–water partition coefficient (Wildman–Crippen LogP) is 3.15. The molecule has 0 aliphatic rings. The van der Waals surface area contributed by atoms with Crippen LogP contribution in [-0.4, -0.2) is 18.6 Å². The molecule has 0 aliphatic carbocycles. The highest BCUT2D eigenvalue weighted by Crippen LogP contribution is 2.19. The van der Waals surface area contributed by atoms with E-state index in [0.717, 1.165) is 29.4 Å². The van der Waals surface area contributed by atoms with Crippen LogP contribution < -0.4 is 5.32 Å². The van der Waals surface area contributed by atoms with Crippen molar-refractivity contribution in [1.29, 1.82) is 0 Å². The molecule has 2 nitrogen and oxygen atoms in total. The maximum Gasteiger partial charge on any atom is 0.0971 e. The van der Waals surface area contributed by atoms with Gasteiger partial charge in [-0.25, -0.2) is 4.98 Å². The molecule has 0 saturated heterocycles. The summed E-state index contributed by atoms with van der Waals surface area (Å²) in [5.41, 5.74) is 1.21. The van der Waals surface area contributed by atoms with E-state index in [-0.39, 0.29) is 0 Å². The Bertz CT molecular complexity index is 482. The Morgan fingerprint density at radius 2 is 2.29 bits per heavy atom. The number of halogens is 1. The summed E-state index contributed by atoms with van der Waals surface area (Å²) in [6.07, 6.45) is 3.89. The second-order valence-electron chi connectivity index (χ2n) is 3.88. The summed E-state index contributed by atoms with van der Waals surface area (Å²) in [7, 11) is 1.97. The summed E-state index contributed by atoms with van der Waals surface area (Å²) in [5.74, 6) is 0. The number of hydrogen-bond acceptors (Lipinski definition) is 3. The van der Waals surface area contributed by atoms with Crippen molar-refractivity contribution >= 4 is 22.9 Å². The van der Waals surface area contributed by atoms with E-state index in [0.29, 0.717) is 0 Å². The number of benzene rings is 1. The van der Waals surface area contributed by atoms with Gasteiger partial charge in [0, 0.05) is 22.5 Å². The molecule has 0 aliphatic heterocycles. The molecule has 90 valence electrons. The van der Waals surface area contributed by atoms with Gasteiger partial charge in [0.15, 0.2) is 0 Å². The van der Waals surface area contributed by atoms with Gasteiger partial charge in [-0.3, -0.25) is 0 Å². The van der Waals surface area contributed by atoms with Crippen molar-refractivity contribution < 1.29 is 0 Å². The molecule has 2 rings (SSSR count). The molecule has 0 radical (unpaired) electrons. The average Bonchev–Trinajstić information content (AvgIpc) is 2.74. The van der Waals surface area contributed by atoms with Gasteiger partial charge in [0.1, 0.15) is 0 Å². The van der Waals surface area contributed by atoms with Crippen molar-refractivity contribution in [1.82, 2.24) is 10.3 Å². The zero-order valence-corrected chi connectivity index (χ0v) is 11.3. The lowest BCUT2D eigenvalue weighted by Crippen LogP contribution is -2.09. The Morgan fingerprint density at radius 1 is 1.41 bits per heavy atom. The Hall–Kier alpha value is -0.900. The minimum Gasteiger partial charge on any atom is -0.319 e. The molecule has 0 fully saturated rings. The molecule has 1 aromatic heterocycles. The number of likely N-dealkylation sites (N-methyl/N-ethyl adjacent to an activating group) is 1. The number of thiazole rings is 1. The summed E-state index contributed by atoms with van der Waals surface area (Å²) >= 11 is 7.74. The first kappa shape index (κ1) is 12.6. The topological polar surface area (TPSA) is 24.9 Å². The van der Waals surface area contributed by atoms with Crippen molar-refractivity contribution in [2.45, 2.75) is 12.8 Å². The maximum absolute atomic E-state index is 5.96. The van der Waals surface area contributed by atoms with E-state index < -0.39 is 0 Å². The van der Waals surface area contributed by atoms with Crippen LogP contribution in [0.2, 0.25) is 5.02 Å². The smallest absolute Gasteiger partial charge is 0.0971 e. The van der Waals surface area contributed by atoms with E-state index in [2.05, 4.69) is 16.4 Å². The minimum atomic E-state index is 0.787. The minimum absolute atomic E-state index is 0.787. The fraction of sp³-hybridized carbons (Fsp3) is 0.308. The van der Waals surface area contributed by atoms with Gasteiger partial charge >= 0.3 is 0 Å². The van der Waals surface area contributed by atoms with E-state index in [1.165, 1.54) is 10.4 Å². The SMILES string of the molecule is CNCCc1cnc(Cc2cccc(Cl)c2)s1. The second kappa shape index (κ2) is 6.15. The van der Waals surface area contributed by atoms with Gasteiger partial charge in [0.05, 0.1) is 5.01 Å². The van der Waals surface area contributed by atoms with Gasteiger partial charge in [-0.15, -0.1) is 11.3 Å². The summed E-state index contributed by atoms with van der Waals surface area (Å²) in [6.45, 7) is 0.999. The Balaban J connectivity index is 2.01. The molecule has 2 aromatic rings. The molecule has 0 amide bonds. The van der Waals surface area contributed by atoms with Gasteiger partial charge in [-0.1, -0.05) is 23.7 Å². The molecule has 17 heavy (non-hydrogen) atoms. The lowest BCUT2D eigenvalue weighted by atomic mass is 10.2. The average molecular weight is 267 g/mol. The number of hydrogen-bond donors (Lipinski definition) is 1. The van der Waals surface area contributed by atoms with Crippen molar-refractivity contribution in [3.8, 4) is 0 Å². The van der Waals surface area contributed by atoms with Crippen molar-refractivity contribution in [3.63, 3.8) is 0 Å². The Kier molecular flexibility index (Phi) is 4.54. The van der Waals surface area contributed by atoms with Gasteiger partial charge in [0.2, 0.25) is 0 Å². The highest BCUT2D eigenvalue weighted by Gasteiger charge is 2.03. The zero-order chi connectivity index (χ0) is 12.1. The monoisotopic (exact) mass is 266 g/mol. The van der Waals surface area contributed by atoms with E-state index in [4.69, 9.17) is 11.6 Å². The Labute approximate surface area is 111 Å². The molecule has 0 spiro atoms. The molecule has 0 atom stereocenters. The molecule has 1 heterocycles. The quantitative estimate of drug-likeness (QED) is 0.899. The number of nitrogens with one attached hydrogen (secondary N) is 1. The van der Waals surface area contributed by atoms with Crippen LogP contribution >= 0.6 is 22.9 Å².